The molecule has 1 aliphatic carbocycles. The zero-order valence-electron chi connectivity index (χ0n) is 17.7. The molecule has 0 saturated heterocycles. The number of hydrogen-bond donors (Lipinski definition) is 2. The van der Waals surface area contributed by atoms with Crippen LogP contribution in [0.1, 0.15) is 31.8 Å². The number of allylic oxidation sites excluding steroid dienone is 2. The SMILES string of the molecule is Cc1cc2c(c(S(=O)(=O)O)c1)N/C(=C1/Cc3ccc(S(=O)(=O)[O-])cc3C1=O)C2=O.[Li+].[Li+].[Li+]. The van der Waals surface area contributed by atoms with Crippen molar-refractivity contribution in [2.24, 2.45) is 0 Å². The Kier molecular flexibility index (Phi) is 8.74. The van der Waals surface area contributed by atoms with Gasteiger partial charge >= 0.3 is 56.6 Å². The van der Waals surface area contributed by atoms with Gasteiger partial charge in [0.15, 0.2) is 5.78 Å². The summed E-state index contributed by atoms with van der Waals surface area (Å²) in [5, 5.41) is 2.63. The Labute approximate surface area is 220 Å². The van der Waals surface area contributed by atoms with Crippen LogP contribution in [0.4, 0.5) is 5.69 Å². The Morgan fingerprint density at radius 3 is 2.12 bits per heavy atom. The van der Waals surface area contributed by atoms with Crippen molar-refractivity contribution in [1.29, 1.82) is 0 Å². The first kappa shape index (κ1) is 29.0. The maximum atomic E-state index is 12.8. The second-order valence-electron chi connectivity index (χ2n) is 6.75. The number of aryl methyl sites for hydroxylation is 1. The van der Waals surface area contributed by atoms with Crippen LogP contribution in [0, 0.1) is 6.92 Å². The van der Waals surface area contributed by atoms with Gasteiger partial charge in [0.1, 0.15) is 15.0 Å². The van der Waals surface area contributed by atoms with E-state index >= 15 is 0 Å². The topological polar surface area (TPSA) is 158 Å². The number of fused-ring (bicyclic) bond motifs is 2. The Hall–Kier alpha value is -1.07. The minimum Gasteiger partial charge on any atom is -0.744 e. The van der Waals surface area contributed by atoms with Crippen molar-refractivity contribution in [3.8, 4) is 0 Å². The third-order valence-corrected chi connectivity index (χ3v) is 6.51. The standard InChI is InChI=1S/C18H13NO8S2.3Li/c1-8-4-12-15(14(5-8)29(25,26)27)19-16(18(12)21)13-6-9-2-3-10(28(22,23)24)7-11(9)17(13)20;;;/h2-5,7,19H,6H2,1H3,(H,22,23,24)(H,25,26,27);;;/q;3*+1/p-1/b16-13-;;;. The molecule has 9 nitrogen and oxygen atoms in total. The van der Waals surface area contributed by atoms with E-state index in [-0.39, 0.29) is 91.1 Å². The van der Waals surface area contributed by atoms with Crippen molar-refractivity contribution in [2.45, 2.75) is 23.1 Å². The third-order valence-electron chi connectivity index (χ3n) is 4.80. The van der Waals surface area contributed by atoms with Gasteiger partial charge in [-0.1, -0.05) is 6.07 Å². The predicted molar refractivity (Wildman–Crippen MR) is 98.4 cm³/mol. The van der Waals surface area contributed by atoms with Crippen molar-refractivity contribution in [3.05, 3.63) is 63.9 Å². The second kappa shape index (κ2) is 9.66. The molecular formula is C18H12Li3NO8S2+2. The number of anilines is 1. The first-order valence-corrected chi connectivity index (χ1v) is 11.0. The van der Waals surface area contributed by atoms with Gasteiger partial charge in [-0.25, -0.2) is 8.42 Å². The molecule has 1 aliphatic heterocycles. The molecule has 1 heterocycles. The summed E-state index contributed by atoms with van der Waals surface area (Å²) in [4.78, 5) is 24.6. The summed E-state index contributed by atoms with van der Waals surface area (Å²) in [5.74, 6) is -1.26. The van der Waals surface area contributed by atoms with Gasteiger partial charge in [-0.2, -0.15) is 8.42 Å². The summed E-state index contributed by atoms with van der Waals surface area (Å²) < 4.78 is 66.5. The number of benzene rings is 2. The fourth-order valence-corrected chi connectivity index (χ4v) is 4.76. The summed E-state index contributed by atoms with van der Waals surface area (Å²) in [6, 6.07) is 6.00. The smallest absolute Gasteiger partial charge is 0.744 e. The van der Waals surface area contributed by atoms with Gasteiger partial charge in [-0.3, -0.25) is 14.1 Å². The molecule has 0 amide bonds. The summed E-state index contributed by atoms with van der Waals surface area (Å²) in [6.45, 7) is 1.55. The van der Waals surface area contributed by atoms with E-state index < -0.39 is 41.6 Å². The first-order valence-electron chi connectivity index (χ1n) is 8.18. The van der Waals surface area contributed by atoms with E-state index in [1.54, 1.807) is 6.92 Å². The van der Waals surface area contributed by atoms with Crippen molar-refractivity contribution < 1.29 is 92.1 Å². The number of carbonyl (C=O) groups is 2. The Bertz CT molecular complexity index is 1400. The van der Waals surface area contributed by atoms with Crippen LogP contribution < -0.4 is 61.9 Å². The molecule has 0 bridgehead atoms. The van der Waals surface area contributed by atoms with E-state index in [0.717, 1.165) is 12.1 Å². The largest absolute Gasteiger partial charge is 1.00 e. The summed E-state index contributed by atoms with van der Waals surface area (Å²) in [6.07, 6.45) is -0.00436. The molecule has 0 fully saturated rings. The number of carbonyl (C=O) groups excluding carboxylic acids is 2. The molecule has 0 unspecified atom stereocenters. The molecule has 2 aromatic carbocycles. The number of rotatable bonds is 2. The maximum absolute atomic E-state index is 12.8. The molecule has 32 heavy (non-hydrogen) atoms. The normalized spacial score (nSPS) is 16.8. The van der Waals surface area contributed by atoms with Gasteiger partial charge in [-0.15, -0.1) is 0 Å². The van der Waals surface area contributed by atoms with Crippen LogP contribution >= 0.6 is 0 Å². The molecule has 0 saturated carbocycles. The Morgan fingerprint density at radius 2 is 1.56 bits per heavy atom. The monoisotopic (exact) mass is 455 g/mol. The molecule has 14 heteroatoms. The predicted octanol–water partition coefficient (Wildman–Crippen LogP) is -7.54. The number of ketones is 2. The molecular weight excluding hydrogens is 443 g/mol. The Balaban J connectivity index is 0.00000171. The van der Waals surface area contributed by atoms with Crippen LogP contribution in [0.25, 0.3) is 0 Å². The third kappa shape index (κ3) is 4.89. The molecule has 2 aliphatic rings. The van der Waals surface area contributed by atoms with Crippen LogP contribution in [0.3, 0.4) is 0 Å². The van der Waals surface area contributed by atoms with Crippen LogP contribution in [0.2, 0.25) is 0 Å². The van der Waals surface area contributed by atoms with Gasteiger partial charge < -0.3 is 9.87 Å². The summed E-state index contributed by atoms with van der Waals surface area (Å²) in [5.41, 5.74) is 0.569. The number of nitrogens with one attached hydrogen (secondary N) is 1. The minimum atomic E-state index is -4.76. The molecule has 2 N–H and O–H groups in total. The van der Waals surface area contributed by atoms with Crippen LogP contribution in [0.15, 0.2) is 51.4 Å². The van der Waals surface area contributed by atoms with Crippen molar-refractivity contribution >= 4 is 37.5 Å². The van der Waals surface area contributed by atoms with E-state index in [1.807, 2.05) is 0 Å². The van der Waals surface area contributed by atoms with Crippen molar-refractivity contribution in [1.82, 2.24) is 0 Å². The number of Topliss-reactive ketones (excluding diaryl/α,β-unsaturated/α-hetero) is 2. The van der Waals surface area contributed by atoms with Crippen molar-refractivity contribution in [3.63, 3.8) is 0 Å². The van der Waals surface area contributed by atoms with Crippen LogP contribution in [0.5, 0.6) is 0 Å². The summed E-state index contributed by atoms with van der Waals surface area (Å²) >= 11 is 0. The van der Waals surface area contributed by atoms with Gasteiger partial charge in [0.2, 0.25) is 5.78 Å². The van der Waals surface area contributed by atoms with Gasteiger partial charge in [0.25, 0.3) is 10.1 Å². The molecule has 0 atom stereocenters. The van der Waals surface area contributed by atoms with Crippen molar-refractivity contribution in [2.75, 3.05) is 5.32 Å². The molecule has 4 rings (SSSR count). The van der Waals surface area contributed by atoms with Crippen LogP contribution in [-0.4, -0.2) is 37.5 Å². The fraction of sp³-hybridized carbons (Fsp3) is 0.111. The molecule has 0 aromatic heterocycles. The molecule has 0 radical (unpaired) electrons. The van der Waals surface area contributed by atoms with E-state index in [1.165, 1.54) is 18.2 Å². The average molecular weight is 455 g/mol. The minimum absolute atomic E-state index is 0. The van der Waals surface area contributed by atoms with E-state index in [9.17, 15) is 35.5 Å². The zero-order valence-corrected chi connectivity index (χ0v) is 19.3. The average Bonchev–Trinajstić information content (AvgIpc) is 3.10. The summed E-state index contributed by atoms with van der Waals surface area (Å²) in [7, 11) is -9.39. The van der Waals surface area contributed by atoms with E-state index in [0.29, 0.717) is 11.1 Å². The number of hydrogen-bond acceptors (Lipinski definition) is 8. The fourth-order valence-electron chi connectivity index (χ4n) is 3.51. The van der Waals surface area contributed by atoms with Gasteiger partial charge in [-0.05, 0) is 42.3 Å². The quantitative estimate of drug-likeness (QED) is 0.255. The maximum Gasteiger partial charge on any atom is 1.00 e. The first-order chi connectivity index (χ1) is 13.4. The molecule has 150 valence electrons. The zero-order chi connectivity index (χ0) is 21.3. The van der Waals surface area contributed by atoms with Gasteiger partial charge in [0.05, 0.1) is 16.3 Å². The second-order valence-corrected chi connectivity index (χ2v) is 9.52. The Morgan fingerprint density at radius 1 is 0.938 bits per heavy atom. The molecule has 2 aromatic rings. The van der Waals surface area contributed by atoms with E-state index in [2.05, 4.69) is 5.32 Å². The molecule has 0 spiro atoms. The van der Waals surface area contributed by atoms with E-state index in [4.69, 9.17) is 0 Å². The van der Waals surface area contributed by atoms with Crippen LogP contribution in [-0.2, 0) is 26.7 Å². The van der Waals surface area contributed by atoms with Gasteiger partial charge in [0, 0.05) is 23.1 Å².